The van der Waals surface area contributed by atoms with E-state index in [9.17, 15) is 25.2 Å². The molecule has 0 aliphatic carbocycles. The van der Waals surface area contributed by atoms with Gasteiger partial charge in [-0.1, -0.05) is 6.92 Å². The fourth-order valence-electron chi connectivity index (χ4n) is 1.90. The van der Waals surface area contributed by atoms with Gasteiger partial charge in [-0.2, -0.15) is 0 Å². The quantitative estimate of drug-likeness (QED) is 0.373. The minimum Gasteiger partial charge on any atom is -0.394 e. The predicted molar refractivity (Wildman–Crippen MR) is 54.8 cm³/mol. The zero-order chi connectivity index (χ0) is 13.2. The van der Waals surface area contributed by atoms with Gasteiger partial charge in [-0.15, -0.1) is 0 Å². The molecule has 0 spiro atoms. The van der Waals surface area contributed by atoms with Crippen LogP contribution in [0.1, 0.15) is 19.8 Å². The van der Waals surface area contributed by atoms with Crippen LogP contribution < -0.4 is 0 Å². The summed E-state index contributed by atoms with van der Waals surface area (Å²) in [4.78, 5) is 11.7. The van der Waals surface area contributed by atoms with Crippen molar-refractivity contribution in [1.29, 1.82) is 0 Å². The summed E-state index contributed by atoms with van der Waals surface area (Å²) < 4.78 is 4.68. The van der Waals surface area contributed by atoms with E-state index in [1.807, 2.05) is 0 Å². The molecule has 0 aromatic carbocycles. The normalized spacial score (nSPS) is 42.5. The van der Waals surface area contributed by atoms with Crippen LogP contribution >= 0.6 is 0 Å². The van der Waals surface area contributed by atoms with Gasteiger partial charge in [0.15, 0.2) is 17.7 Å². The first kappa shape index (κ1) is 14.5. The van der Waals surface area contributed by atoms with E-state index < -0.39 is 42.6 Å². The molecule has 17 heavy (non-hydrogen) atoms. The highest BCUT2D eigenvalue weighted by molar-refractivity contribution is 5.88. The van der Waals surface area contributed by atoms with E-state index >= 15 is 0 Å². The summed E-state index contributed by atoms with van der Waals surface area (Å²) in [7, 11) is 0. The summed E-state index contributed by atoms with van der Waals surface area (Å²) in [5.74, 6) is -0.791. The highest BCUT2D eigenvalue weighted by Crippen LogP contribution is 2.31. The number of ether oxygens (including phenoxy) is 1. The van der Waals surface area contributed by atoms with Crippen LogP contribution in [0.4, 0.5) is 0 Å². The van der Waals surface area contributed by atoms with E-state index in [0.717, 1.165) is 0 Å². The lowest BCUT2D eigenvalue weighted by Crippen LogP contribution is -2.70. The first-order chi connectivity index (χ1) is 7.89. The number of hydrogen-bond acceptors (Lipinski definition) is 7. The molecule has 5 atom stereocenters. The molecule has 0 amide bonds. The maximum absolute atomic E-state index is 11.7. The molecule has 0 bridgehead atoms. The molecule has 1 heterocycles. The molecular weight excluding hydrogens is 232 g/mol. The standard InChI is InChI=1S/C10H18O7/c1-2-3-6(12)10(16)7(13)5(4-11)17-9(15)8(10)14/h5,7-9,11,13-16H,2-4H2,1H3. The number of aliphatic hydroxyl groups excluding tert-OH is 4. The summed E-state index contributed by atoms with van der Waals surface area (Å²) in [5.41, 5.74) is -2.51. The SMILES string of the molecule is CCCC(=O)C1(O)C(O)C(O)OC(CO)C1O. The Bertz CT molecular complexity index is 282. The Morgan fingerprint density at radius 2 is 1.88 bits per heavy atom. The van der Waals surface area contributed by atoms with Gasteiger partial charge in [0.2, 0.25) is 0 Å². The van der Waals surface area contributed by atoms with Gasteiger partial charge in [0, 0.05) is 6.42 Å². The zero-order valence-electron chi connectivity index (χ0n) is 9.48. The highest BCUT2D eigenvalue weighted by atomic mass is 16.6. The first-order valence-corrected chi connectivity index (χ1v) is 5.45. The summed E-state index contributed by atoms with van der Waals surface area (Å²) in [6.07, 6.45) is -6.53. The van der Waals surface area contributed by atoms with Gasteiger partial charge in [-0.3, -0.25) is 4.79 Å². The minimum absolute atomic E-state index is 0.0600. The molecule has 0 radical (unpaired) electrons. The monoisotopic (exact) mass is 250 g/mol. The molecule has 100 valence electrons. The van der Waals surface area contributed by atoms with Gasteiger partial charge in [-0.05, 0) is 6.42 Å². The van der Waals surface area contributed by atoms with Crippen LogP contribution in [0.25, 0.3) is 0 Å². The van der Waals surface area contributed by atoms with Crippen LogP contribution in [-0.2, 0) is 9.53 Å². The van der Waals surface area contributed by atoms with Crippen LogP contribution in [0, 0.1) is 0 Å². The minimum atomic E-state index is -2.51. The molecule has 0 aromatic rings. The van der Waals surface area contributed by atoms with Crippen molar-refractivity contribution in [1.82, 2.24) is 0 Å². The number of carbonyl (C=O) groups excluding carboxylic acids is 1. The second-order valence-electron chi connectivity index (χ2n) is 4.14. The Balaban J connectivity index is 3.02. The molecule has 7 heteroatoms. The average molecular weight is 250 g/mol. The lowest BCUT2D eigenvalue weighted by molar-refractivity contribution is -0.311. The highest BCUT2D eigenvalue weighted by Gasteiger charge is 2.58. The number of rotatable bonds is 4. The third kappa shape index (κ3) is 2.35. The van der Waals surface area contributed by atoms with E-state index in [1.165, 1.54) is 0 Å². The predicted octanol–water partition coefficient (Wildman–Crippen LogP) is -2.48. The van der Waals surface area contributed by atoms with Crippen molar-refractivity contribution in [2.45, 2.75) is 50.0 Å². The molecule has 1 fully saturated rings. The Labute approximate surface area is 98.3 Å². The third-order valence-electron chi connectivity index (χ3n) is 2.94. The van der Waals surface area contributed by atoms with Crippen LogP contribution in [0.3, 0.4) is 0 Å². The topological polar surface area (TPSA) is 127 Å². The Morgan fingerprint density at radius 3 is 2.35 bits per heavy atom. The molecule has 7 nitrogen and oxygen atoms in total. The van der Waals surface area contributed by atoms with E-state index in [-0.39, 0.29) is 6.42 Å². The van der Waals surface area contributed by atoms with Gasteiger partial charge in [0.05, 0.1) is 6.61 Å². The lowest BCUT2D eigenvalue weighted by atomic mass is 9.79. The molecule has 1 aliphatic rings. The summed E-state index contributed by atoms with van der Waals surface area (Å²) in [5, 5.41) is 47.7. The lowest BCUT2D eigenvalue weighted by Gasteiger charge is -2.45. The molecule has 1 saturated heterocycles. The molecule has 1 rings (SSSR count). The van der Waals surface area contributed by atoms with E-state index in [2.05, 4.69) is 4.74 Å². The van der Waals surface area contributed by atoms with Gasteiger partial charge in [0.25, 0.3) is 0 Å². The molecule has 0 saturated carbocycles. The molecule has 5 N–H and O–H groups in total. The Morgan fingerprint density at radius 1 is 1.29 bits per heavy atom. The van der Waals surface area contributed by atoms with Crippen molar-refractivity contribution in [3.05, 3.63) is 0 Å². The van der Waals surface area contributed by atoms with Crippen LogP contribution in [0.2, 0.25) is 0 Å². The number of Topliss-reactive ketones (excluding diaryl/α,β-unsaturated/α-hetero) is 1. The van der Waals surface area contributed by atoms with E-state index in [1.54, 1.807) is 6.92 Å². The first-order valence-electron chi connectivity index (χ1n) is 5.45. The maximum Gasteiger partial charge on any atom is 0.184 e. The van der Waals surface area contributed by atoms with Crippen LogP contribution in [0.15, 0.2) is 0 Å². The van der Waals surface area contributed by atoms with Gasteiger partial charge in [0.1, 0.15) is 18.3 Å². The van der Waals surface area contributed by atoms with Crippen molar-refractivity contribution in [3.63, 3.8) is 0 Å². The van der Waals surface area contributed by atoms with Gasteiger partial charge < -0.3 is 30.3 Å². The van der Waals surface area contributed by atoms with E-state index in [0.29, 0.717) is 6.42 Å². The summed E-state index contributed by atoms with van der Waals surface area (Å²) in [6.45, 7) is 1.01. The Hall–Kier alpha value is -0.570. The van der Waals surface area contributed by atoms with Crippen molar-refractivity contribution in [2.75, 3.05) is 6.61 Å². The van der Waals surface area contributed by atoms with Gasteiger partial charge in [-0.25, -0.2) is 0 Å². The largest absolute Gasteiger partial charge is 0.394 e. The van der Waals surface area contributed by atoms with E-state index in [4.69, 9.17) is 5.11 Å². The van der Waals surface area contributed by atoms with Gasteiger partial charge >= 0.3 is 0 Å². The second kappa shape index (κ2) is 5.38. The third-order valence-corrected chi connectivity index (χ3v) is 2.94. The average Bonchev–Trinajstić information content (AvgIpc) is 2.31. The van der Waals surface area contributed by atoms with Crippen LogP contribution in [-0.4, -0.2) is 68.1 Å². The molecule has 1 aliphatic heterocycles. The van der Waals surface area contributed by atoms with Crippen LogP contribution in [0.5, 0.6) is 0 Å². The van der Waals surface area contributed by atoms with Crippen molar-refractivity contribution in [3.8, 4) is 0 Å². The van der Waals surface area contributed by atoms with Crippen molar-refractivity contribution < 1.29 is 35.1 Å². The summed E-state index contributed by atoms with van der Waals surface area (Å²) >= 11 is 0. The molecular formula is C10H18O7. The second-order valence-corrected chi connectivity index (χ2v) is 4.14. The molecule has 5 unspecified atom stereocenters. The van der Waals surface area contributed by atoms with Crippen molar-refractivity contribution in [2.24, 2.45) is 0 Å². The number of hydrogen-bond donors (Lipinski definition) is 5. The summed E-state index contributed by atoms with van der Waals surface area (Å²) in [6, 6.07) is 0. The fraction of sp³-hybridized carbons (Fsp3) is 0.900. The fourth-order valence-corrected chi connectivity index (χ4v) is 1.90. The number of carbonyl (C=O) groups is 1. The molecule has 0 aromatic heterocycles. The van der Waals surface area contributed by atoms with Crippen molar-refractivity contribution >= 4 is 5.78 Å². The maximum atomic E-state index is 11.7. The smallest absolute Gasteiger partial charge is 0.184 e. The number of ketones is 1. The zero-order valence-corrected chi connectivity index (χ0v) is 9.48. The Kier molecular flexibility index (Phi) is 4.59. The number of aliphatic hydroxyl groups is 5.